The standard InChI is InChI=1S/C16H21N3O2/c20-16(18-12-6-2-1-3-7-12)17-11-10-15-19-13-8-4-5-9-14(13)21-15/h4-5,8-9,12H,1-3,6-7,10-11H2,(H2,17,18,20). The predicted molar refractivity (Wildman–Crippen MR) is 81.1 cm³/mol. The van der Waals surface area contributed by atoms with Crippen molar-refractivity contribution in [3.63, 3.8) is 0 Å². The number of fused-ring (bicyclic) bond motifs is 1. The van der Waals surface area contributed by atoms with E-state index >= 15 is 0 Å². The van der Waals surface area contributed by atoms with Crippen LogP contribution in [0.25, 0.3) is 11.1 Å². The highest BCUT2D eigenvalue weighted by Gasteiger charge is 2.15. The van der Waals surface area contributed by atoms with Gasteiger partial charge in [0.25, 0.3) is 0 Å². The number of benzene rings is 1. The van der Waals surface area contributed by atoms with Crippen LogP contribution in [0.5, 0.6) is 0 Å². The predicted octanol–water partition coefficient (Wildman–Crippen LogP) is 3.00. The highest BCUT2D eigenvalue weighted by Crippen LogP contribution is 2.17. The number of hydrogen-bond acceptors (Lipinski definition) is 3. The summed E-state index contributed by atoms with van der Waals surface area (Å²) >= 11 is 0. The lowest BCUT2D eigenvalue weighted by atomic mass is 9.96. The molecule has 2 N–H and O–H groups in total. The van der Waals surface area contributed by atoms with Crippen LogP contribution in [0.3, 0.4) is 0 Å². The summed E-state index contributed by atoms with van der Waals surface area (Å²) in [5.41, 5.74) is 1.65. The van der Waals surface area contributed by atoms with Gasteiger partial charge in [-0.2, -0.15) is 0 Å². The fourth-order valence-corrected chi connectivity index (χ4v) is 2.79. The Balaban J connectivity index is 1.43. The van der Waals surface area contributed by atoms with E-state index in [1.165, 1.54) is 19.3 Å². The van der Waals surface area contributed by atoms with E-state index in [0.29, 0.717) is 24.9 Å². The minimum Gasteiger partial charge on any atom is -0.441 e. The van der Waals surface area contributed by atoms with Crippen LogP contribution in [0.4, 0.5) is 4.79 Å². The van der Waals surface area contributed by atoms with E-state index < -0.39 is 0 Å². The number of nitrogens with zero attached hydrogens (tertiary/aromatic N) is 1. The molecule has 112 valence electrons. The zero-order valence-electron chi connectivity index (χ0n) is 12.1. The topological polar surface area (TPSA) is 67.2 Å². The summed E-state index contributed by atoms with van der Waals surface area (Å²) < 4.78 is 5.62. The molecular weight excluding hydrogens is 266 g/mol. The lowest BCUT2D eigenvalue weighted by Crippen LogP contribution is -2.43. The number of rotatable bonds is 4. The van der Waals surface area contributed by atoms with Gasteiger partial charge in [0.05, 0.1) is 0 Å². The number of urea groups is 1. The quantitative estimate of drug-likeness (QED) is 0.908. The Morgan fingerprint density at radius 2 is 2.05 bits per heavy atom. The van der Waals surface area contributed by atoms with Crippen molar-refractivity contribution in [2.75, 3.05) is 6.54 Å². The van der Waals surface area contributed by atoms with Crippen LogP contribution in [-0.2, 0) is 6.42 Å². The van der Waals surface area contributed by atoms with E-state index in [1.54, 1.807) is 0 Å². The summed E-state index contributed by atoms with van der Waals surface area (Å²) in [4.78, 5) is 16.2. The fraction of sp³-hybridized carbons (Fsp3) is 0.500. The van der Waals surface area contributed by atoms with Crippen molar-refractivity contribution < 1.29 is 9.21 Å². The Morgan fingerprint density at radius 3 is 2.86 bits per heavy atom. The lowest BCUT2D eigenvalue weighted by Gasteiger charge is -2.22. The Hall–Kier alpha value is -2.04. The van der Waals surface area contributed by atoms with Crippen LogP contribution in [0.2, 0.25) is 0 Å². The van der Waals surface area contributed by atoms with Crippen LogP contribution >= 0.6 is 0 Å². The van der Waals surface area contributed by atoms with E-state index in [-0.39, 0.29) is 6.03 Å². The third kappa shape index (κ3) is 3.74. The number of para-hydroxylation sites is 2. The van der Waals surface area contributed by atoms with Crippen LogP contribution in [0.1, 0.15) is 38.0 Å². The molecule has 1 heterocycles. The van der Waals surface area contributed by atoms with Gasteiger partial charge in [-0.15, -0.1) is 0 Å². The van der Waals surface area contributed by atoms with Crippen molar-refractivity contribution in [3.05, 3.63) is 30.2 Å². The van der Waals surface area contributed by atoms with Crippen molar-refractivity contribution in [2.45, 2.75) is 44.6 Å². The molecule has 0 bridgehead atoms. The van der Waals surface area contributed by atoms with E-state index in [2.05, 4.69) is 15.6 Å². The second-order valence-electron chi connectivity index (χ2n) is 5.56. The number of carbonyl (C=O) groups excluding carboxylic acids is 1. The van der Waals surface area contributed by atoms with E-state index in [1.807, 2.05) is 24.3 Å². The lowest BCUT2D eigenvalue weighted by molar-refractivity contribution is 0.232. The maximum absolute atomic E-state index is 11.8. The molecule has 2 aromatic rings. The van der Waals surface area contributed by atoms with Gasteiger partial charge in [-0.05, 0) is 25.0 Å². The first-order chi connectivity index (χ1) is 10.3. The van der Waals surface area contributed by atoms with Gasteiger partial charge >= 0.3 is 6.03 Å². The summed E-state index contributed by atoms with van der Waals surface area (Å²) in [7, 11) is 0. The Kier molecular flexibility index (Phi) is 4.38. The molecule has 2 amide bonds. The fourth-order valence-electron chi connectivity index (χ4n) is 2.79. The van der Waals surface area contributed by atoms with Gasteiger partial charge in [0.2, 0.25) is 0 Å². The summed E-state index contributed by atoms with van der Waals surface area (Å²) in [5.74, 6) is 0.661. The van der Waals surface area contributed by atoms with Crippen LogP contribution in [-0.4, -0.2) is 23.6 Å². The van der Waals surface area contributed by atoms with E-state index in [4.69, 9.17) is 4.42 Å². The molecule has 1 aromatic heterocycles. The first kappa shape index (κ1) is 13.9. The molecule has 21 heavy (non-hydrogen) atoms. The molecule has 0 unspecified atom stereocenters. The Labute approximate surface area is 124 Å². The Morgan fingerprint density at radius 1 is 1.24 bits per heavy atom. The van der Waals surface area contributed by atoms with Crippen molar-refractivity contribution in [1.82, 2.24) is 15.6 Å². The minimum absolute atomic E-state index is 0.0852. The van der Waals surface area contributed by atoms with E-state index in [0.717, 1.165) is 23.9 Å². The zero-order valence-corrected chi connectivity index (χ0v) is 12.1. The average molecular weight is 287 g/mol. The number of amides is 2. The van der Waals surface area contributed by atoms with Gasteiger partial charge in [0.15, 0.2) is 11.5 Å². The SMILES string of the molecule is O=C(NCCc1nc2ccccc2o1)NC1CCCCC1. The molecule has 0 spiro atoms. The number of oxazole rings is 1. The maximum Gasteiger partial charge on any atom is 0.315 e. The molecule has 1 fully saturated rings. The van der Waals surface area contributed by atoms with Gasteiger partial charge in [0, 0.05) is 19.0 Å². The highest BCUT2D eigenvalue weighted by atomic mass is 16.3. The summed E-state index contributed by atoms with van der Waals surface area (Å²) in [6.45, 7) is 0.533. The molecule has 1 aliphatic rings. The zero-order chi connectivity index (χ0) is 14.5. The minimum atomic E-state index is -0.0852. The smallest absolute Gasteiger partial charge is 0.315 e. The molecular formula is C16H21N3O2. The van der Waals surface area contributed by atoms with Gasteiger partial charge in [-0.25, -0.2) is 9.78 Å². The summed E-state index contributed by atoms with van der Waals surface area (Å²) in [6.07, 6.45) is 6.52. The van der Waals surface area contributed by atoms with Crippen molar-refractivity contribution in [1.29, 1.82) is 0 Å². The monoisotopic (exact) mass is 287 g/mol. The van der Waals surface area contributed by atoms with E-state index in [9.17, 15) is 4.79 Å². The van der Waals surface area contributed by atoms with Crippen LogP contribution < -0.4 is 10.6 Å². The maximum atomic E-state index is 11.8. The third-order valence-corrected chi connectivity index (χ3v) is 3.90. The highest BCUT2D eigenvalue weighted by molar-refractivity contribution is 5.74. The average Bonchev–Trinajstić information content (AvgIpc) is 2.91. The van der Waals surface area contributed by atoms with Crippen molar-refractivity contribution in [2.24, 2.45) is 0 Å². The number of carbonyl (C=O) groups is 1. The van der Waals surface area contributed by atoms with Crippen molar-refractivity contribution in [3.8, 4) is 0 Å². The Bertz CT molecular complexity index is 569. The molecule has 1 aromatic carbocycles. The normalized spacial score (nSPS) is 16.0. The second-order valence-corrected chi connectivity index (χ2v) is 5.56. The number of aromatic nitrogens is 1. The molecule has 5 nitrogen and oxygen atoms in total. The molecule has 0 atom stereocenters. The summed E-state index contributed by atoms with van der Waals surface area (Å²) in [5, 5.41) is 5.90. The molecule has 5 heteroatoms. The van der Waals surface area contributed by atoms with Gasteiger partial charge < -0.3 is 15.1 Å². The molecule has 0 radical (unpaired) electrons. The summed E-state index contributed by atoms with van der Waals surface area (Å²) in [6, 6.07) is 7.93. The number of nitrogens with one attached hydrogen (secondary N) is 2. The molecule has 1 aliphatic carbocycles. The molecule has 0 aliphatic heterocycles. The van der Waals surface area contributed by atoms with Crippen molar-refractivity contribution >= 4 is 17.1 Å². The molecule has 0 saturated heterocycles. The molecule has 1 saturated carbocycles. The first-order valence-corrected chi connectivity index (χ1v) is 7.70. The van der Waals surface area contributed by atoms with Gasteiger partial charge in [-0.3, -0.25) is 0 Å². The second kappa shape index (κ2) is 6.61. The van der Waals surface area contributed by atoms with Crippen LogP contribution in [0.15, 0.2) is 28.7 Å². The van der Waals surface area contributed by atoms with Gasteiger partial charge in [0.1, 0.15) is 5.52 Å². The van der Waals surface area contributed by atoms with Crippen LogP contribution in [0, 0.1) is 0 Å². The third-order valence-electron chi connectivity index (χ3n) is 3.90. The first-order valence-electron chi connectivity index (χ1n) is 7.70. The molecule has 3 rings (SSSR count). The van der Waals surface area contributed by atoms with Gasteiger partial charge in [-0.1, -0.05) is 31.4 Å². The number of hydrogen-bond donors (Lipinski definition) is 2. The largest absolute Gasteiger partial charge is 0.441 e.